The zero-order valence-corrected chi connectivity index (χ0v) is 18.0. The summed E-state index contributed by atoms with van der Waals surface area (Å²) in [5.41, 5.74) is 2.66. The normalized spacial score (nSPS) is 35.0. The van der Waals surface area contributed by atoms with Crippen LogP contribution in [0, 0.1) is 17.2 Å². The number of hydrogen-bond acceptors (Lipinski definition) is 5. The second-order valence-corrected chi connectivity index (χ2v) is 9.80. The van der Waals surface area contributed by atoms with Crippen molar-refractivity contribution in [3.8, 4) is 6.07 Å². The van der Waals surface area contributed by atoms with E-state index in [4.69, 9.17) is 0 Å². The molecule has 2 aliphatic carbocycles. The number of rotatable bonds is 3. The van der Waals surface area contributed by atoms with Crippen LogP contribution < -0.4 is 10.6 Å². The highest BCUT2D eigenvalue weighted by Crippen LogP contribution is 2.46. The lowest BCUT2D eigenvalue weighted by atomic mass is 9.77. The third kappa shape index (κ3) is 3.61. The van der Waals surface area contributed by atoms with Gasteiger partial charge in [-0.15, -0.1) is 0 Å². The molecule has 2 saturated carbocycles. The topological polar surface area (TPSA) is 85.2 Å². The molecule has 6 heteroatoms. The highest BCUT2D eigenvalue weighted by atomic mass is 16.2. The Morgan fingerprint density at radius 1 is 1.23 bits per heavy atom. The van der Waals surface area contributed by atoms with E-state index in [9.17, 15) is 14.9 Å². The van der Waals surface area contributed by atoms with Crippen molar-refractivity contribution in [1.29, 1.82) is 5.26 Å². The highest BCUT2D eigenvalue weighted by molar-refractivity contribution is 5.81. The third-order valence-corrected chi connectivity index (χ3v) is 7.89. The summed E-state index contributed by atoms with van der Waals surface area (Å²) >= 11 is 0. The van der Waals surface area contributed by atoms with Crippen molar-refractivity contribution in [2.75, 3.05) is 13.1 Å². The first kappa shape index (κ1) is 20.5. The molecule has 0 aromatic heterocycles. The number of allylic oxidation sites excluding steroid dienone is 1. The summed E-state index contributed by atoms with van der Waals surface area (Å²) in [7, 11) is 0. The van der Waals surface area contributed by atoms with Gasteiger partial charge in [-0.3, -0.25) is 9.69 Å². The molecule has 1 aromatic rings. The predicted molar refractivity (Wildman–Crippen MR) is 116 cm³/mol. The van der Waals surface area contributed by atoms with Gasteiger partial charge in [0, 0.05) is 31.0 Å². The second-order valence-electron chi connectivity index (χ2n) is 9.80. The van der Waals surface area contributed by atoms with Crippen LogP contribution in [0.25, 0.3) is 0 Å². The number of nitrogens with zero attached hydrogens (tertiary/aromatic N) is 2. The lowest BCUT2D eigenvalue weighted by molar-refractivity contribution is -0.126. The van der Waals surface area contributed by atoms with E-state index in [1.807, 2.05) is 5.94 Å². The molecule has 5 rings (SSSR count). The lowest BCUT2D eigenvalue weighted by Crippen LogP contribution is -2.58. The summed E-state index contributed by atoms with van der Waals surface area (Å²) in [4.78, 5) is 26.2. The Kier molecular flexibility index (Phi) is 5.22. The van der Waals surface area contributed by atoms with E-state index in [0.29, 0.717) is 32.1 Å². The van der Waals surface area contributed by atoms with Gasteiger partial charge in [-0.25, -0.2) is 4.79 Å². The quantitative estimate of drug-likeness (QED) is 0.737. The molecule has 3 atom stereocenters. The van der Waals surface area contributed by atoms with Crippen LogP contribution >= 0.6 is 0 Å². The molecule has 0 bridgehead atoms. The van der Waals surface area contributed by atoms with Crippen LogP contribution in [0.1, 0.15) is 62.5 Å². The summed E-state index contributed by atoms with van der Waals surface area (Å²) in [6, 6.07) is 11.2. The summed E-state index contributed by atoms with van der Waals surface area (Å²) in [5.74, 6) is 1.85. The van der Waals surface area contributed by atoms with Crippen molar-refractivity contribution < 1.29 is 9.59 Å². The van der Waals surface area contributed by atoms with Gasteiger partial charge in [-0.2, -0.15) is 5.26 Å². The number of nitriles is 1. The van der Waals surface area contributed by atoms with E-state index in [1.165, 1.54) is 24.0 Å². The Balaban J connectivity index is 1.31. The Labute approximate surface area is 183 Å². The minimum Gasteiger partial charge on any atom is -0.336 e. The molecule has 2 aliphatic heterocycles. The molecule has 31 heavy (non-hydrogen) atoms. The Bertz CT molecular complexity index is 960. The minimum absolute atomic E-state index is 0.0306. The molecule has 1 unspecified atom stereocenters. The fourth-order valence-electron chi connectivity index (χ4n) is 6.01. The summed E-state index contributed by atoms with van der Waals surface area (Å²) < 4.78 is 0. The Morgan fingerprint density at radius 2 is 2.03 bits per heavy atom. The number of fused-ring (bicyclic) bond motifs is 2. The molecule has 2 heterocycles. The van der Waals surface area contributed by atoms with Crippen LogP contribution in [0.15, 0.2) is 29.8 Å². The van der Waals surface area contributed by atoms with E-state index >= 15 is 0 Å². The van der Waals surface area contributed by atoms with Crippen molar-refractivity contribution >= 4 is 11.8 Å². The first-order valence-electron chi connectivity index (χ1n) is 11.6. The average molecular weight is 419 g/mol. The maximum atomic E-state index is 12.9. The molecular formula is C25H30N4O2. The molecule has 1 spiro atoms. The van der Waals surface area contributed by atoms with Gasteiger partial charge in [0.1, 0.15) is 11.5 Å². The van der Waals surface area contributed by atoms with Crippen LogP contribution in [0.5, 0.6) is 0 Å². The monoisotopic (exact) mass is 418 g/mol. The molecule has 4 aliphatic rings. The average Bonchev–Trinajstić information content (AvgIpc) is 3.54. The molecule has 2 N–H and O–H groups in total. The van der Waals surface area contributed by atoms with Crippen LogP contribution in [-0.2, 0) is 21.7 Å². The first-order chi connectivity index (χ1) is 15.1. The summed E-state index contributed by atoms with van der Waals surface area (Å²) in [6.07, 6.45) is 6.82. The van der Waals surface area contributed by atoms with Crippen molar-refractivity contribution in [2.45, 2.75) is 75.0 Å². The number of nitrogens with one attached hydrogen (secondary N) is 2. The van der Waals surface area contributed by atoms with Gasteiger partial charge in [0.15, 0.2) is 0 Å². The second kappa shape index (κ2) is 7.91. The first-order valence-corrected chi connectivity index (χ1v) is 11.6. The summed E-state index contributed by atoms with van der Waals surface area (Å²) in [6.45, 7) is 2.72. The molecule has 162 valence electrons. The molecule has 3 fully saturated rings. The number of amides is 1. The van der Waals surface area contributed by atoms with Crippen molar-refractivity contribution in [3.05, 3.63) is 41.0 Å². The highest BCUT2D eigenvalue weighted by Gasteiger charge is 2.61. The molecule has 0 radical (unpaired) electrons. The van der Waals surface area contributed by atoms with Crippen LogP contribution in [-0.4, -0.2) is 41.4 Å². The molecule has 1 aromatic carbocycles. The van der Waals surface area contributed by atoms with Gasteiger partial charge in [-0.05, 0) is 62.6 Å². The van der Waals surface area contributed by atoms with Crippen LogP contribution in [0.3, 0.4) is 0 Å². The fourth-order valence-corrected chi connectivity index (χ4v) is 6.01. The van der Waals surface area contributed by atoms with Crippen molar-refractivity contribution in [1.82, 2.24) is 15.5 Å². The molecular weight excluding hydrogens is 388 g/mol. The van der Waals surface area contributed by atoms with Gasteiger partial charge >= 0.3 is 0 Å². The molecule has 1 amide bonds. The third-order valence-electron chi connectivity index (χ3n) is 7.89. The van der Waals surface area contributed by atoms with E-state index in [0.717, 1.165) is 31.6 Å². The van der Waals surface area contributed by atoms with E-state index in [1.54, 1.807) is 0 Å². The zero-order valence-electron chi connectivity index (χ0n) is 18.0. The van der Waals surface area contributed by atoms with Crippen LogP contribution in [0.4, 0.5) is 0 Å². The van der Waals surface area contributed by atoms with Gasteiger partial charge in [-0.1, -0.05) is 24.3 Å². The van der Waals surface area contributed by atoms with Gasteiger partial charge in [0.25, 0.3) is 0 Å². The SMILES string of the molecule is N#C[C@@]1(NC(=O)C2CCC(=C=O)CC2)C[C@H]1N1Cc2ccccc2C2(CCCCN2)C1. The van der Waals surface area contributed by atoms with Gasteiger partial charge < -0.3 is 10.6 Å². The van der Waals surface area contributed by atoms with Crippen LogP contribution in [0.2, 0.25) is 0 Å². The van der Waals surface area contributed by atoms with E-state index in [-0.39, 0.29) is 23.4 Å². The number of carbonyl (C=O) groups is 1. The maximum absolute atomic E-state index is 12.9. The largest absolute Gasteiger partial charge is 0.336 e. The maximum Gasteiger partial charge on any atom is 0.224 e. The molecule has 1 saturated heterocycles. The minimum atomic E-state index is -0.792. The number of piperidine rings is 1. The van der Waals surface area contributed by atoms with Crippen molar-refractivity contribution in [2.24, 2.45) is 5.92 Å². The zero-order chi connectivity index (χ0) is 21.5. The summed E-state index contributed by atoms with van der Waals surface area (Å²) in [5, 5.41) is 16.9. The standard InChI is InChI=1S/C25H30N4O2/c26-16-25(28-23(31)19-9-7-18(15-30)8-10-19)13-22(25)29-14-20-5-1-2-6-21(20)24(17-29)11-3-4-12-27-24/h1-2,5-6,19,22,27H,3-4,7-14,17H2,(H,28,31)/t22-,24?,25+/m1/s1. The smallest absolute Gasteiger partial charge is 0.224 e. The number of hydrogen-bond donors (Lipinski definition) is 2. The fraction of sp³-hybridized carbons (Fsp3) is 0.600. The van der Waals surface area contributed by atoms with E-state index in [2.05, 4.69) is 45.9 Å². The Hall–Kier alpha value is -2.45. The predicted octanol–water partition coefficient (Wildman–Crippen LogP) is 2.57. The van der Waals surface area contributed by atoms with Crippen molar-refractivity contribution in [3.63, 3.8) is 0 Å². The molecule has 6 nitrogen and oxygen atoms in total. The Morgan fingerprint density at radius 3 is 2.74 bits per heavy atom. The van der Waals surface area contributed by atoms with E-state index < -0.39 is 5.54 Å². The number of benzene rings is 1. The van der Waals surface area contributed by atoms with Gasteiger partial charge in [0.05, 0.1) is 17.6 Å². The number of carbonyl (C=O) groups excluding carboxylic acids is 2. The lowest BCUT2D eigenvalue weighted by Gasteiger charge is -2.47. The van der Waals surface area contributed by atoms with Gasteiger partial charge in [0.2, 0.25) is 5.91 Å².